The van der Waals surface area contributed by atoms with Gasteiger partial charge < -0.3 is 4.74 Å². The van der Waals surface area contributed by atoms with Crippen LogP contribution in [-0.4, -0.2) is 46.6 Å². The van der Waals surface area contributed by atoms with Crippen molar-refractivity contribution in [2.75, 3.05) is 11.5 Å². The lowest BCUT2D eigenvalue weighted by Crippen LogP contribution is -2.51. The molecule has 2 heterocycles. The quantitative estimate of drug-likeness (QED) is 0.545. The van der Waals surface area contributed by atoms with Gasteiger partial charge in [-0.1, -0.05) is 15.9 Å². The summed E-state index contributed by atoms with van der Waals surface area (Å²) in [5.74, 6) is -2.26. The van der Waals surface area contributed by atoms with Crippen LogP contribution in [0.1, 0.15) is 26.7 Å². The third-order valence-corrected chi connectivity index (χ3v) is 4.80. The molecule has 9 heteroatoms. The van der Waals surface area contributed by atoms with Crippen molar-refractivity contribution in [2.24, 2.45) is 5.10 Å². The second kappa shape index (κ2) is 6.64. The molecule has 1 aromatic rings. The number of amides is 3. The molecule has 8 nitrogen and oxygen atoms in total. The number of nitrogens with zero attached hydrogens (tertiary/aromatic N) is 3. The molecular formula is C17H16BrN3O5. The summed E-state index contributed by atoms with van der Waals surface area (Å²) in [6, 6.07) is 6.66. The van der Waals surface area contributed by atoms with Gasteiger partial charge in [0.2, 0.25) is 11.8 Å². The lowest BCUT2D eigenvalue weighted by molar-refractivity contribution is -0.141. The molecule has 0 radical (unpaired) electrons. The number of halogens is 1. The number of carbonyl (C=O) groups is 4. The van der Waals surface area contributed by atoms with Gasteiger partial charge in [-0.25, -0.2) is 14.7 Å². The van der Waals surface area contributed by atoms with Gasteiger partial charge in [0, 0.05) is 17.8 Å². The maximum absolute atomic E-state index is 13.1. The molecular weight excluding hydrogens is 406 g/mol. The predicted molar refractivity (Wildman–Crippen MR) is 95.2 cm³/mol. The molecule has 3 amide bonds. The first kappa shape index (κ1) is 18.2. The summed E-state index contributed by atoms with van der Waals surface area (Å²) in [6.45, 7) is 3.02. The highest BCUT2D eigenvalue weighted by Crippen LogP contribution is 2.40. The maximum Gasteiger partial charge on any atom is 0.354 e. The Labute approximate surface area is 157 Å². The topological polar surface area (TPSA) is 96.3 Å². The molecule has 1 atom stereocenters. The van der Waals surface area contributed by atoms with E-state index in [0.29, 0.717) is 5.69 Å². The van der Waals surface area contributed by atoms with Crippen molar-refractivity contribution < 1.29 is 23.9 Å². The van der Waals surface area contributed by atoms with Crippen LogP contribution in [0.15, 0.2) is 33.8 Å². The van der Waals surface area contributed by atoms with Crippen LogP contribution in [0, 0.1) is 0 Å². The molecule has 136 valence electrons. The van der Waals surface area contributed by atoms with Crippen molar-refractivity contribution in [1.82, 2.24) is 5.01 Å². The Morgan fingerprint density at radius 3 is 2.46 bits per heavy atom. The predicted octanol–water partition coefficient (Wildman–Crippen LogP) is 1.62. The first-order valence-corrected chi connectivity index (χ1v) is 8.78. The lowest BCUT2D eigenvalue weighted by atomic mass is 9.91. The van der Waals surface area contributed by atoms with Gasteiger partial charge in [0.25, 0.3) is 5.91 Å². The van der Waals surface area contributed by atoms with Gasteiger partial charge in [-0.3, -0.25) is 14.4 Å². The standard InChI is InChI=1S/C17H16BrN3O5/c1-3-26-15(24)13-8-17(21(19-13)10(2)22)9-14(23)20(16(17)25)12-6-4-11(18)5-7-12/h4-7H,3,8-9H2,1-2H3/t17-/m0/s1. The highest BCUT2D eigenvalue weighted by molar-refractivity contribution is 9.10. The van der Waals surface area contributed by atoms with E-state index in [4.69, 9.17) is 4.74 Å². The van der Waals surface area contributed by atoms with Gasteiger partial charge in [0.05, 0.1) is 18.7 Å². The highest BCUT2D eigenvalue weighted by atomic mass is 79.9. The van der Waals surface area contributed by atoms with Crippen LogP contribution in [0.3, 0.4) is 0 Å². The fourth-order valence-electron chi connectivity index (χ4n) is 3.18. The maximum atomic E-state index is 13.1. The van der Waals surface area contributed by atoms with E-state index in [1.54, 1.807) is 31.2 Å². The third kappa shape index (κ3) is 2.82. The first-order valence-electron chi connectivity index (χ1n) is 7.98. The smallest absolute Gasteiger partial charge is 0.354 e. The summed E-state index contributed by atoms with van der Waals surface area (Å²) < 4.78 is 5.72. The summed E-state index contributed by atoms with van der Waals surface area (Å²) in [5.41, 5.74) is -1.16. The number of imide groups is 1. The Bertz CT molecular complexity index is 835. The number of ether oxygens (including phenoxy) is 1. The third-order valence-electron chi connectivity index (χ3n) is 4.27. The molecule has 2 aliphatic rings. The van der Waals surface area contributed by atoms with Crippen LogP contribution in [0.4, 0.5) is 5.69 Å². The Balaban J connectivity index is 1.98. The lowest BCUT2D eigenvalue weighted by Gasteiger charge is -2.28. The second-order valence-corrected chi connectivity index (χ2v) is 6.91. The van der Waals surface area contributed by atoms with E-state index in [0.717, 1.165) is 14.4 Å². The Morgan fingerprint density at radius 1 is 1.23 bits per heavy atom. The molecule has 3 rings (SSSR count). The summed E-state index contributed by atoms with van der Waals surface area (Å²) in [6.07, 6.45) is -0.392. The van der Waals surface area contributed by atoms with E-state index in [9.17, 15) is 19.2 Å². The highest BCUT2D eigenvalue weighted by Gasteiger charge is 2.61. The first-order chi connectivity index (χ1) is 12.3. The van der Waals surface area contributed by atoms with E-state index in [-0.39, 0.29) is 25.2 Å². The van der Waals surface area contributed by atoms with E-state index >= 15 is 0 Å². The number of hydrogen-bond donors (Lipinski definition) is 0. The Kier molecular flexibility index (Phi) is 4.66. The number of anilines is 1. The van der Waals surface area contributed by atoms with Crippen LogP contribution in [0.5, 0.6) is 0 Å². The average molecular weight is 422 g/mol. The Hall–Kier alpha value is -2.55. The number of carbonyl (C=O) groups excluding carboxylic acids is 4. The second-order valence-electron chi connectivity index (χ2n) is 5.99. The zero-order chi connectivity index (χ0) is 19.1. The molecule has 0 saturated carbocycles. The normalized spacial score (nSPS) is 22.2. The van der Waals surface area contributed by atoms with Gasteiger partial charge in [0.1, 0.15) is 5.71 Å². The molecule has 1 saturated heterocycles. The molecule has 1 aromatic carbocycles. The van der Waals surface area contributed by atoms with Gasteiger partial charge in [0.15, 0.2) is 5.54 Å². The number of rotatable bonds is 3. The molecule has 0 aliphatic carbocycles. The van der Waals surface area contributed by atoms with Crippen LogP contribution < -0.4 is 4.90 Å². The minimum atomic E-state index is -1.52. The van der Waals surface area contributed by atoms with Gasteiger partial charge in [-0.05, 0) is 31.2 Å². The minimum Gasteiger partial charge on any atom is -0.461 e. The van der Waals surface area contributed by atoms with Crippen molar-refractivity contribution in [1.29, 1.82) is 0 Å². The molecule has 26 heavy (non-hydrogen) atoms. The molecule has 0 bridgehead atoms. The molecule has 1 spiro atoms. The molecule has 2 aliphatic heterocycles. The van der Waals surface area contributed by atoms with Crippen molar-refractivity contribution in [2.45, 2.75) is 32.2 Å². The number of hydrogen-bond acceptors (Lipinski definition) is 6. The molecule has 0 N–H and O–H groups in total. The minimum absolute atomic E-state index is 0.0409. The number of benzene rings is 1. The van der Waals surface area contributed by atoms with Crippen molar-refractivity contribution in [3.8, 4) is 0 Å². The number of esters is 1. The fourth-order valence-corrected chi connectivity index (χ4v) is 3.45. The van der Waals surface area contributed by atoms with Crippen molar-refractivity contribution >= 4 is 51.0 Å². The largest absolute Gasteiger partial charge is 0.461 e. The zero-order valence-corrected chi connectivity index (χ0v) is 15.8. The van der Waals surface area contributed by atoms with Gasteiger partial charge in [-0.15, -0.1) is 0 Å². The molecule has 1 fully saturated rings. The van der Waals surface area contributed by atoms with Crippen LogP contribution in [0.25, 0.3) is 0 Å². The van der Waals surface area contributed by atoms with Gasteiger partial charge >= 0.3 is 5.97 Å². The van der Waals surface area contributed by atoms with E-state index in [1.807, 2.05) is 0 Å². The zero-order valence-electron chi connectivity index (χ0n) is 14.2. The van der Waals surface area contributed by atoms with Crippen molar-refractivity contribution in [3.63, 3.8) is 0 Å². The summed E-state index contributed by atoms with van der Waals surface area (Å²) in [5, 5.41) is 4.93. The van der Waals surface area contributed by atoms with Crippen LogP contribution in [-0.2, 0) is 23.9 Å². The fraction of sp³-hybridized carbons (Fsp3) is 0.353. The summed E-state index contributed by atoms with van der Waals surface area (Å²) in [4.78, 5) is 50.8. The van der Waals surface area contributed by atoms with Gasteiger partial charge in [-0.2, -0.15) is 5.10 Å². The Morgan fingerprint density at radius 2 is 1.88 bits per heavy atom. The SMILES string of the molecule is CCOC(=O)C1=NN(C(C)=O)[C@]2(CC(=O)N(c3ccc(Br)cc3)C2=O)C1. The van der Waals surface area contributed by atoms with E-state index in [1.165, 1.54) is 6.92 Å². The summed E-state index contributed by atoms with van der Waals surface area (Å²) in [7, 11) is 0. The molecule has 0 aromatic heterocycles. The van der Waals surface area contributed by atoms with Crippen LogP contribution >= 0.6 is 15.9 Å². The molecule has 0 unspecified atom stereocenters. The summed E-state index contributed by atoms with van der Waals surface area (Å²) >= 11 is 3.30. The van der Waals surface area contributed by atoms with Crippen LogP contribution in [0.2, 0.25) is 0 Å². The van der Waals surface area contributed by atoms with E-state index < -0.39 is 29.2 Å². The monoisotopic (exact) mass is 421 g/mol. The number of hydrazone groups is 1. The van der Waals surface area contributed by atoms with E-state index in [2.05, 4.69) is 21.0 Å². The average Bonchev–Trinajstić information content (AvgIpc) is 3.08. The van der Waals surface area contributed by atoms with Crippen molar-refractivity contribution in [3.05, 3.63) is 28.7 Å².